The lowest BCUT2D eigenvalue weighted by atomic mass is 9.84. The van der Waals surface area contributed by atoms with E-state index in [9.17, 15) is 4.79 Å². The molecule has 0 aliphatic heterocycles. The van der Waals surface area contributed by atoms with Gasteiger partial charge in [-0.05, 0) is 79.1 Å². The Bertz CT molecular complexity index is 1530. The molecule has 3 aromatic carbocycles. The summed E-state index contributed by atoms with van der Waals surface area (Å²) in [6.07, 6.45) is 0.653. The number of methoxy groups -OCH3 is 2. The highest BCUT2D eigenvalue weighted by molar-refractivity contribution is 7.99. The van der Waals surface area contributed by atoms with E-state index in [-0.39, 0.29) is 10.8 Å². The predicted octanol–water partition coefficient (Wildman–Crippen LogP) is 8.42. The van der Waals surface area contributed by atoms with Crippen molar-refractivity contribution in [3.63, 3.8) is 0 Å². The van der Waals surface area contributed by atoms with Gasteiger partial charge in [0.2, 0.25) is 9.04 Å². The highest BCUT2D eigenvalue weighted by Crippen LogP contribution is 2.42. The first-order valence-corrected chi connectivity index (χ1v) is 17.3. The minimum Gasteiger partial charge on any atom is -0.496 e. The molecule has 0 spiro atoms. The van der Waals surface area contributed by atoms with Crippen LogP contribution in [0.4, 0.5) is 0 Å². The normalized spacial score (nSPS) is 13.0. The second-order valence-corrected chi connectivity index (χ2v) is 15.1. The van der Waals surface area contributed by atoms with E-state index in [0.29, 0.717) is 16.7 Å². The van der Waals surface area contributed by atoms with Crippen molar-refractivity contribution in [2.24, 2.45) is 5.92 Å². The maximum atomic E-state index is 13.7. The molecule has 4 rings (SSSR count). The fourth-order valence-electron chi connectivity index (χ4n) is 5.12. The van der Waals surface area contributed by atoms with E-state index in [4.69, 9.17) is 13.9 Å². The van der Waals surface area contributed by atoms with Crippen molar-refractivity contribution in [1.82, 2.24) is 4.57 Å². The summed E-state index contributed by atoms with van der Waals surface area (Å²) in [5.41, 5.74) is 3.49. The van der Waals surface area contributed by atoms with Crippen LogP contribution >= 0.6 is 11.8 Å². The van der Waals surface area contributed by atoms with E-state index in [1.807, 2.05) is 42.1 Å². The lowest BCUT2D eigenvalue weighted by Gasteiger charge is -2.30. The lowest BCUT2D eigenvalue weighted by molar-refractivity contribution is 0.184. The van der Waals surface area contributed by atoms with Crippen LogP contribution in [0.5, 0.6) is 11.5 Å². The summed E-state index contributed by atoms with van der Waals surface area (Å²) in [5.74, 6) is 3.19. The smallest absolute Gasteiger partial charge is 0.208 e. The van der Waals surface area contributed by atoms with E-state index in [2.05, 4.69) is 76.5 Å². The maximum Gasteiger partial charge on any atom is 0.208 e. The van der Waals surface area contributed by atoms with E-state index >= 15 is 0 Å². The van der Waals surface area contributed by atoms with Crippen LogP contribution in [0, 0.1) is 5.92 Å². The quantitative estimate of drug-likeness (QED) is 0.108. The molecule has 0 aliphatic rings. The van der Waals surface area contributed by atoms with Crippen molar-refractivity contribution in [1.29, 1.82) is 0 Å². The van der Waals surface area contributed by atoms with E-state index in [1.165, 1.54) is 0 Å². The molecule has 0 fully saturated rings. The molecular weight excluding hydrogens is 535 g/mol. The number of hydrogen-bond donors (Lipinski definition) is 0. The summed E-state index contributed by atoms with van der Waals surface area (Å²) >= 11 is 1.83. The lowest BCUT2D eigenvalue weighted by Crippen LogP contribution is -2.24. The molecular formula is C33H42NO4SSi. The topological polar surface area (TPSA) is 49.7 Å². The van der Waals surface area contributed by atoms with E-state index < -0.39 is 15.3 Å². The van der Waals surface area contributed by atoms with Crippen molar-refractivity contribution in [2.75, 3.05) is 20.0 Å². The van der Waals surface area contributed by atoms with Crippen LogP contribution in [-0.4, -0.2) is 33.6 Å². The number of fused-ring (bicyclic) bond motifs is 2. The van der Waals surface area contributed by atoms with E-state index in [0.717, 1.165) is 50.7 Å². The molecule has 0 aliphatic carbocycles. The van der Waals surface area contributed by atoms with Crippen LogP contribution in [0.3, 0.4) is 0 Å². The first-order chi connectivity index (χ1) is 19.0. The molecule has 1 unspecified atom stereocenters. The van der Waals surface area contributed by atoms with Gasteiger partial charge < -0.3 is 18.5 Å². The molecule has 213 valence electrons. The van der Waals surface area contributed by atoms with Gasteiger partial charge in [-0.1, -0.05) is 46.8 Å². The van der Waals surface area contributed by atoms with Gasteiger partial charge >= 0.3 is 0 Å². The Morgan fingerprint density at radius 3 is 2.10 bits per heavy atom. The van der Waals surface area contributed by atoms with Gasteiger partial charge in [-0.25, -0.2) is 0 Å². The molecule has 1 atom stereocenters. The Morgan fingerprint density at radius 2 is 1.52 bits per heavy atom. The van der Waals surface area contributed by atoms with Crippen LogP contribution in [0.15, 0.2) is 64.3 Å². The highest BCUT2D eigenvalue weighted by atomic mass is 32.2. The van der Waals surface area contributed by atoms with Gasteiger partial charge in [0.25, 0.3) is 0 Å². The highest BCUT2D eigenvalue weighted by Gasteiger charge is 2.29. The monoisotopic (exact) mass is 576 g/mol. The van der Waals surface area contributed by atoms with Gasteiger partial charge in [0.1, 0.15) is 11.5 Å². The zero-order valence-electron chi connectivity index (χ0n) is 25.3. The van der Waals surface area contributed by atoms with Gasteiger partial charge in [-0.2, -0.15) is 0 Å². The Labute approximate surface area is 244 Å². The molecule has 1 heterocycles. The number of aromatic nitrogens is 1. The summed E-state index contributed by atoms with van der Waals surface area (Å²) in [5, 5.41) is 1.36. The van der Waals surface area contributed by atoms with Gasteiger partial charge in [0.15, 0.2) is 11.7 Å². The zero-order valence-corrected chi connectivity index (χ0v) is 27.1. The van der Waals surface area contributed by atoms with Crippen LogP contribution in [-0.2, 0) is 9.84 Å². The van der Waals surface area contributed by atoms with Gasteiger partial charge in [-0.3, -0.25) is 4.79 Å². The second-order valence-electron chi connectivity index (χ2n) is 11.9. The van der Waals surface area contributed by atoms with Gasteiger partial charge in [0, 0.05) is 26.8 Å². The Hall–Kier alpha value is -2.74. The molecule has 1 radical (unpaired) electrons. The van der Waals surface area contributed by atoms with Crippen molar-refractivity contribution in [3.05, 3.63) is 75.9 Å². The molecule has 0 saturated carbocycles. The first-order valence-electron chi connectivity index (χ1n) is 13.9. The van der Waals surface area contributed by atoms with Crippen LogP contribution in [0.25, 0.3) is 21.8 Å². The first kappa shape index (κ1) is 30.2. The number of thioether (sulfide) groups is 1. The van der Waals surface area contributed by atoms with Crippen LogP contribution in [0.2, 0.25) is 13.1 Å². The average Bonchev–Trinajstić information content (AvgIpc) is 2.90. The fraction of sp³-hybridized carbons (Fsp3) is 0.424. The number of para-hydroxylation sites is 1. The molecule has 7 heteroatoms. The fourth-order valence-corrected chi connectivity index (χ4v) is 6.99. The number of rotatable bonds is 10. The Kier molecular flexibility index (Phi) is 9.38. The molecule has 40 heavy (non-hydrogen) atoms. The SMILES string of the molecule is COc1cc(C(O[Si](C)C)n2c3ccccc3c(=O)c3ccc(SCCC(C)C)cc32)cc(OC)c1C(C)(C)C. The summed E-state index contributed by atoms with van der Waals surface area (Å²) in [6, 6.07) is 18.2. The Balaban J connectivity index is 2.05. The third-order valence-electron chi connectivity index (χ3n) is 6.99. The van der Waals surface area contributed by atoms with Crippen LogP contribution in [0.1, 0.15) is 58.4 Å². The van der Waals surface area contributed by atoms with Gasteiger partial charge in [-0.15, -0.1) is 11.8 Å². The largest absolute Gasteiger partial charge is 0.496 e. The molecule has 0 saturated heterocycles. The van der Waals surface area contributed by atoms with Crippen LogP contribution < -0.4 is 14.9 Å². The van der Waals surface area contributed by atoms with Crippen molar-refractivity contribution in [2.45, 2.75) is 70.7 Å². The van der Waals surface area contributed by atoms with Crippen molar-refractivity contribution < 1.29 is 13.9 Å². The summed E-state index contributed by atoms with van der Waals surface area (Å²) in [4.78, 5) is 14.8. The Morgan fingerprint density at radius 1 is 0.900 bits per heavy atom. The summed E-state index contributed by atoms with van der Waals surface area (Å²) < 4.78 is 20.9. The van der Waals surface area contributed by atoms with Gasteiger partial charge in [0.05, 0.1) is 25.3 Å². The summed E-state index contributed by atoms with van der Waals surface area (Å²) in [7, 11) is 2.23. The van der Waals surface area contributed by atoms with Crippen molar-refractivity contribution in [3.8, 4) is 11.5 Å². The number of ether oxygens (including phenoxy) is 2. The number of hydrogen-bond acceptors (Lipinski definition) is 5. The second kappa shape index (κ2) is 12.4. The average molecular weight is 577 g/mol. The standard InChI is InChI=1S/C33H42NO4SSi/c1-21(2)16-17-39-23-14-15-25-27(20-23)34(26-13-11-10-12-24(26)31(25)35)32(38-40(8)9)22-18-28(36-6)30(33(3,4)5)29(19-22)37-7/h10-15,18-21,32H,16-17H2,1-9H3. The third kappa shape index (κ3) is 6.27. The van der Waals surface area contributed by atoms with E-state index in [1.54, 1.807) is 14.2 Å². The third-order valence-corrected chi connectivity index (χ3v) is 8.71. The number of nitrogens with zero attached hydrogens (tertiary/aromatic N) is 1. The minimum atomic E-state index is -1.17. The summed E-state index contributed by atoms with van der Waals surface area (Å²) in [6.45, 7) is 15.2. The zero-order chi connectivity index (χ0) is 29.2. The molecule has 4 aromatic rings. The molecule has 0 amide bonds. The molecule has 0 bridgehead atoms. The molecule has 5 nitrogen and oxygen atoms in total. The predicted molar refractivity (Wildman–Crippen MR) is 171 cm³/mol. The molecule has 1 aromatic heterocycles. The minimum absolute atomic E-state index is 0.0381. The number of pyridine rings is 1. The number of benzene rings is 3. The molecule has 0 N–H and O–H groups in total. The maximum absolute atomic E-state index is 13.7. The van der Waals surface area contributed by atoms with Crippen molar-refractivity contribution >= 4 is 42.6 Å².